The number of nitrogens with one attached hydrogen (secondary N) is 1. The topological polar surface area (TPSA) is 66.4 Å². The molecule has 82 valence electrons. The molecule has 15 heavy (non-hydrogen) atoms. The Morgan fingerprint density at radius 2 is 2.27 bits per heavy atom. The van der Waals surface area contributed by atoms with Gasteiger partial charge in [0.25, 0.3) is 5.91 Å². The van der Waals surface area contributed by atoms with Gasteiger partial charge < -0.3 is 10.4 Å². The van der Waals surface area contributed by atoms with E-state index in [4.69, 9.17) is 16.7 Å². The van der Waals surface area contributed by atoms with E-state index < -0.39 is 11.9 Å². The Labute approximate surface area is 95.9 Å². The van der Waals surface area contributed by atoms with Crippen molar-refractivity contribution in [2.75, 3.05) is 6.54 Å². The minimum atomic E-state index is -0.931. The molecule has 4 nitrogen and oxygen atoms in total. The maximum atomic E-state index is 11.4. The zero-order valence-electron chi connectivity index (χ0n) is 7.99. The molecule has 0 saturated heterocycles. The third-order valence-corrected chi connectivity index (χ3v) is 3.02. The third-order valence-electron chi connectivity index (χ3n) is 1.79. The highest BCUT2D eigenvalue weighted by molar-refractivity contribution is 7.17. The van der Waals surface area contributed by atoms with Crippen molar-refractivity contribution in [3.05, 3.63) is 21.3 Å². The largest absolute Gasteiger partial charge is 0.481 e. The summed E-state index contributed by atoms with van der Waals surface area (Å²) < 4.78 is 0.534. The molecule has 0 fully saturated rings. The average Bonchev–Trinajstić information content (AvgIpc) is 2.60. The van der Waals surface area contributed by atoms with E-state index in [2.05, 4.69) is 5.32 Å². The van der Waals surface area contributed by atoms with Crippen LogP contribution in [0.15, 0.2) is 12.1 Å². The van der Waals surface area contributed by atoms with Crippen molar-refractivity contribution in [3.63, 3.8) is 0 Å². The van der Waals surface area contributed by atoms with E-state index in [1.807, 2.05) is 0 Å². The maximum Gasteiger partial charge on any atom is 0.308 e. The van der Waals surface area contributed by atoms with Crippen LogP contribution in [0.1, 0.15) is 16.6 Å². The lowest BCUT2D eigenvalue weighted by Crippen LogP contribution is -2.30. The van der Waals surface area contributed by atoms with Crippen molar-refractivity contribution in [2.45, 2.75) is 6.92 Å². The van der Waals surface area contributed by atoms with Gasteiger partial charge in [0.1, 0.15) is 0 Å². The molecule has 0 radical (unpaired) electrons. The van der Waals surface area contributed by atoms with E-state index in [-0.39, 0.29) is 12.5 Å². The second-order valence-electron chi connectivity index (χ2n) is 3.05. The van der Waals surface area contributed by atoms with Crippen LogP contribution in [0.25, 0.3) is 0 Å². The first kappa shape index (κ1) is 12.0. The number of amides is 1. The molecule has 1 unspecified atom stereocenters. The van der Waals surface area contributed by atoms with Crippen LogP contribution in [0.5, 0.6) is 0 Å². The Kier molecular flexibility index (Phi) is 4.11. The summed E-state index contributed by atoms with van der Waals surface area (Å²) >= 11 is 6.82. The SMILES string of the molecule is CC(CNC(=O)c1ccc(Cl)s1)C(=O)O. The Morgan fingerprint density at radius 3 is 2.73 bits per heavy atom. The fourth-order valence-corrected chi connectivity index (χ4v) is 1.82. The van der Waals surface area contributed by atoms with Crippen molar-refractivity contribution in [2.24, 2.45) is 5.92 Å². The monoisotopic (exact) mass is 247 g/mol. The number of rotatable bonds is 4. The van der Waals surface area contributed by atoms with Gasteiger partial charge in [-0.15, -0.1) is 11.3 Å². The van der Waals surface area contributed by atoms with Gasteiger partial charge in [-0.25, -0.2) is 0 Å². The van der Waals surface area contributed by atoms with Gasteiger partial charge in [0, 0.05) is 6.54 Å². The number of carbonyl (C=O) groups is 2. The van der Waals surface area contributed by atoms with Crippen LogP contribution in [-0.2, 0) is 4.79 Å². The molecule has 0 aliphatic heterocycles. The fourth-order valence-electron chi connectivity index (χ4n) is 0.857. The number of carboxylic acids is 1. The van der Waals surface area contributed by atoms with Crippen LogP contribution in [0.4, 0.5) is 0 Å². The smallest absolute Gasteiger partial charge is 0.308 e. The summed E-state index contributed by atoms with van der Waals surface area (Å²) in [5.74, 6) is -1.82. The second kappa shape index (κ2) is 5.14. The molecule has 1 heterocycles. The number of aliphatic carboxylic acids is 1. The highest BCUT2D eigenvalue weighted by Crippen LogP contribution is 2.21. The van der Waals surface area contributed by atoms with Crippen LogP contribution in [0.3, 0.4) is 0 Å². The standard InChI is InChI=1S/C9H10ClNO3S/c1-5(9(13)14)4-11-8(12)6-2-3-7(10)15-6/h2-3,5H,4H2,1H3,(H,11,12)(H,13,14). The second-order valence-corrected chi connectivity index (χ2v) is 4.77. The molecule has 2 N–H and O–H groups in total. The number of carbonyl (C=O) groups excluding carboxylic acids is 1. The van der Waals surface area contributed by atoms with Gasteiger partial charge in [-0.1, -0.05) is 18.5 Å². The Morgan fingerprint density at radius 1 is 1.60 bits per heavy atom. The van der Waals surface area contributed by atoms with Gasteiger partial charge >= 0.3 is 5.97 Å². The molecule has 1 aromatic heterocycles. The Bertz CT molecular complexity index is 377. The molecule has 0 aliphatic rings. The summed E-state index contributed by atoms with van der Waals surface area (Å²) in [5, 5.41) is 11.1. The zero-order valence-corrected chi connectivity index (χ0v) is 9.56. The summed E-state index contributed by atoms with van der Waals surface area (Å²) in [6.07, 6.45) is 0. The van der Waals surface area contributed by atoms with E-state index in [0.717, 1.165) is 11.3 Å². The van der Waals surface area contributed by atoms with Crippen LogP contribution in [0.2, 0.25) is 4.34 Å². The normalized spacial score (nSPS) is 12.1. The van der Waals surface area contributed by atoms with Crippen molar-refractivity contribution in [1.29, 1.82) is 0 Å². The highest BCUT2D eigenvalue weighted by Gasteiger charge is 2.13. The first-order chi connectivity index (χ1) is 7.00. The summed E-state index contributed by atoms with van der Waals surface area (Å²) in [5.41, 5.74) is 0. The quantitative estimate of drug-likeness (QED) is 0.853. The first-order valence-corrected chi connectivity index (χ1v) is 5.46. The number of hydrogen-bond acceptors (Lipinski definition) is 3. The molecule has 6 heteroatoms. The van der Waals surface area contributed by atoms with Crippen LogP contribution in [0, 0.1) is 5.92 Å². The van der Waals surface area contributed by atoms with Crippen molar-refractivity contribution in [1.82, 2.24) is 5.32 Å². The molecule has 1 atom stereocenters. The summed E-state index contributed by atoms with van der Waals surface area (Å²) in [6, 6.07) is 3.23. The van der Waals surface area contributed by atoms with Crippen molar-refractivity contribution >= 4 is 34.8 Å². The van der Waals surface area contributed by atoms with Gasteiger partial charge in [-0.05, 0) is 12.1 Å². The zero-order chi connectivity index (χ0) is 11.4. The molecular weight excluding hydrogens is 238 g/mol. The fraction of sp³-hybridized carbons (Fsp3) is 0.333. The number of halogens is 1. The van der Waals surface area contributed by atoms with Crippen LogP contribution in [-0.4, -0.2) is 23.5 Å². The van der Waals surface area contributed by atoms with E-state index in [9.17, 15) is 9.59 Å². The Balaban J connectivity index is 2.47. The molecule has 1 amide bonds. The molecule has 0 aliphatic carbocycles. The highest BCUT2D eigenvalue weighted by atomic mass is 35.5. The molecule has 1 rings (SSSR count). The predicted molar refractivity (Wildman–Crippen MR) is 58.5 cm³/mol. The predicted octanol–water partition coefficient (Wildman–Crippen LogP) is 1.85. The van der Waals surface area contributed by atoms with Gasteiger partial charge in [-0.3, -0.25) is 9.59 Å². The van der Waals surface area contributed by atoms with Crippen molar-refractivity contribution in [3.8, 4) is 0 Å². The molecule has 0 bridgehead atoms. The lowest BCUT2D eigenvalue weighted by atomic mass is 10.2. The minimum absolute atomic E-state index is 0.115. The van der Waals surface area contributed by atoms with Crippen LogP contribution >= 0.6 is 22.9 Å². The molecule has 0 aromatic carbocycles. The Hall–Kier alpha value is -1.07. The van der Waals surface area contributed by atoms with Crippen molar-refractivity contribution < 1.29 is 14.7 Å². The molecule has 1 aromatic rings. The van der Waals surface area contributed by atoms with Gasteiger partial charge in [0.05, 0.1) is 15.1 Å². The van der Waals surface area contributed by atoms with E-state index >= 15 is 0 Å². The van der Waals surface area contributed by atoms with E-state index in [1.165, 1.54) is 6.92 Å². The molecular formula is C9H10ClNO3S. The number of carboxylic acid groups (broad SMARTS) is 1. The lowest BCUT2D eigenvalue weighted by molar-refractivity contribution is -0.140. The van der Waals surface area contributed by atoms with Gasteiger partial charge in [-0.2, -0.15) is 0 Å². The minimum Gasteiger partial charge on any atom is -0.481 e. The maximum absolute atomic E-state index is 11.4. The molecule has 0 saturated carbocycles. The summed E-state index contributed by atoms with van der Waals surface area (Å²) in [4.78, 5) is 22.4. The summed E-state index contributed by atoms with van der Waals surface area (Å²) in [6.45, 7) is 1.65. The van der Waals surface area contributed by atoms with Gasteiger partial charge in [0.2, 0.25) is 0 Å². The third kappa shape index (κ3) is 3.53. The first-order valence-electron chi connectivity index (χ1n) is 4.27. The number of thiophene rings is 1. The van der Waals surface area contributed by atoms with Gasteiger partial charge in [0.15, 0.2) is 0 Å². The van der Waals surface area contributed by atoms with E-state index in [0.29, 0.717) is 9.21 Å². The van der Waals surface area contributed by atoms with E-state index in [1.54, 1.807) is 12.1 Å². The number of hydrogen-bond donors (Lipinski definition) is 2. The lowest BCUT2D eigenvalue weighted by Gasteiger charge is -2.06. The molecule has 0 spiro atoms. The summed E-state index contributed by atoms with van der Waals surface area (Å²) in [7, 11) is 0. The average molecular weight is 248 g/mol. The van der Waals surface area contributed by atoms with Crippen LogP contribution < -0.4 is 5.32 Å².